The molecule has 5 nitrogen and oxygen atoms in total. The Hall–Kier alpha value is -1.62. The lowest BCUT2D eigenvalue weighted by Crippen LogP contribution is -2.33. The van der Waals surface area contributed by atoms with E-state index in [9.17, 15) is 0 Å². The molecule has 1 aliphatic rings. The molecule has 1 saturated heterocycles. The summed E-state index contributed by atoms with van der Waals surface area (Å²) in [6.07, 6.45) is 5.89. The van der Waals surface area contributed by atoms with Gasteiger partial charge in [0.1, 0.15) is 0 Å². The van der Waals surface area contributed by atoms with Crippen LogP contribution in [0.1, 0.15) is 24.4 Å². The number of nitrogens with two attached hydrogens (primary N) is 1. The third-order valence-electron chi connectivity index (χ3n) is 2.93. The van der Waals surface area contributed by atoms with Gasteiger partial charge in [0.25, 0.3) is 0 Å². The molecule has 0 saturated carbocycles. The van der Waals surface area contributed by atoms with Crippen LogP contribution in [0.2, 0.25) is 0 Å². The Morgan fingerprint density at radius 1 is 1.69 bits per heavy atom. The van der Waals surface area contributed by atoms with Gasteiger partial charge in [0.15, 0.2) is 5.84 Å². The number of pyridine rings is 1. The number of aromatic nitrogens is 1. The van der Waals surface area contributed by atoms with E-state index in [1.165, 1.54) is 5.56 Å². The second kappa shape index (κ2) is 4.94. The average Bonchev–Trinajstić information content (AvgIpc) is 2.78. The highest BCUT2D eigenvalue weighted by Crippen LogP contribution is 2.30. The largest absolute Gasteiger partial charge is 0.409 e. The van der Waals surface area contributed by atoms with E-state index in [2.05, 4.69) is 21.1 Å². The summed E-state index contributed by atoms with van der Waals surface area (Å²) in [6.45, 7) is 1.49. The lowest BCUT2D eigenvalue weighted by atomic mass is 10.1. The van der Waals surface area contributed by atoms with E-state index in [1.54, 1.807) is 6.20 Å². The first-order valence-electron chi connectivity index (χ1n) is 5.41. The van der Waals surface area contributed by atoms with Crippen LogP contribution in [0.3, 0.4) is 0 Å². The zero-order chi connectivity index (χ0) is 11.4. The first-order chi connectivity index (χ1) is 7.81. The van der Waals surface area contributed by atoms with Gasteiger partial charge in [0.2, 0.25) is 0 Å². The molecule has 1 atom stereocenters. The second-order valence-corrected chi connectivity index (χ2v) is 4.01. The fraction of sp³-hybridized carbons (Fsp3) is 0.455. The highest BCUT2D eigenvalue weighted by molar-refractivity contribution is 5.81. The van der Waals surface area contributed by atoms with Crippen LogP contribution >= 0.6 is 0 Å². The third-order valence-corrected chi connectivity index (χ3v) is 2.93. The van der Waals surface area contributed by atoms with Crippen molar-refractivity contribution in [2.45, 2.75) is 18.9 Å². The van der Waals surface area contributed by atoms with Crippen molar-refractivity contribution in [3.63, 3.8) is 0 Å². The Bertz CT molecular complexity index is 366. The summed E-state index contributed by atoms with van der Waals surface area (Å²) in [6, 6.07) is 4.35. The highest BCUT2D eigenvalue weighted by atomic mass is 16.4. The number of hydrogen-bond acceptors (Lipinski definition) is 4. The Labute approximate surface area is 94.6 Å². The Kier molecular flexibility index (Phi) is 3.36. The van der Waals surface area contributed by atoms with Crippen LogP contribution in [0.5, 0.6) is 0 Å². The lowest BCUT2D eigenvalue weighted by Gasteiger charge is -2.23. The predicted octanol–water partition coefficient (Wildman–Crippen LogP) is 0.965. The second-order valence-electron chi connectivity index (χ2n) is 4.01. The van der Waals surface area contributed by atoms with Gasteiger partial charge in [-0.2, -0.15) is 0 Å². The molecule has 0 bridgehead atoms. The number of likely N-dealkylation sites (tertiary alicyclic amines) is 1. The predicted molar refractivity (Wildman–Crippen MR) is 61.2 cm³/mol. The molecule has 5 heteroatoms. The highest BCUT2D eigenvalue weighted by Gasteiger charge is 2.26. The summed E-state index contributed by atoms with van der Waals surface area (Å²) in [5.74, 6) is 0.260. The van der Waals surface area contributed by atoms with Gasteiger partial charge in [-0.05, 0) is 31.0 Å². The van der Waals surface area contributed by atoms with E-state index >= 15 is 0 Å². The summed E-state index contributed by atoms with van der Waals surface area (Å²) in [4.78, 5) is 6.34. The van der Waals surface area contributed by atoms with Crippen LogP contribution in [-0.2, 0) is 0 Å². The van der Waals surface area contributed by atoms with Gasteiger partial charge in [0.05, 0.1) is 6.54 Å². The van der Waals surface area contributed by atoms with Crippen molar-refractivity contribution in [1.82, 2.24) is 9.88 Å². The molecule has 1 unspecified atom stereocenters. The molecular weight excluding hydrogens is 204 g/mol. The van der Waals surface area contributed by atoms with E-state index < -0.39 is 0 Å². The fourth-order valence-corrected chi connectivity index (χ4v) is 2.21. The summed E-state index contributed by atoms with van der Waals surface area (Å²) in [5, 5.41) is 11.6. The Morgan fingerprint density at radius 3 is 3.25 bits per heavy atom. The summed E-state index contributed by atoms with van der Waals surface area (Å²) in [5.41, 5.74) is 6.74. The van der Waals surface area contributed by atoms with Crippen molar-refractivity contribution in [3.05, 3.63) is 30.1 Å². The summed E-state index contributed by atoms with van der Waals surface area (Å²) < 4.78 is 0. The fourth-order valence-electron chi connectivity index (χ4n) is 2.21. The van der Waals surface area contributed by atoms with Gasteiger partial charge in [-0.25, -0.2) is 0 Å². The molecule has 0 amide bonds. The van der Waals surface area contributed by atoms with Crippen LogP contribution in [-0.4, -0.2) is 34.0 Å². The maximum absolute atomic E-state index is 8.58. The molecule has 2 heterocycles. The molecule has 1 aliphatic heterocycles. The number of nitrogens with zero attached hydrogens (tertiary/aromatic N) is 3. The molecule has 0 aromatic carbocycles. The minimum Gasteiger partial charge on any atom is -0.409 e. The van der Waals surface area contributed by atoms with E-state index in [0.29, 0.717) is 12.6 Å². The quantitative estimate of drug-likeness (QED) is 0.344. The van der Waals surface area contributed by atoms with E-state index in [4.69, 9.17) is 10.9 Å². The van der Waals surface area contributed by atoms with E-state index in [1.807, 2.05) is 12.3 Å². The van der Waals surface area contributed by atoms with Gasteiger partial charge in [0, 0.05) is 18.4 Å². The van der Waals surface area contributed by atoms with Gasteiger partial charge >= 0.3 is 0 Å². The molecule has 3 N–H and O–H groups in total. The zero-order valence-electron chi connectivity index (χ0n) is 9.08. The number of amidine groups is 1. The standard InChI is InChI=1S/C11H16N4O/c12-11(14-16)8-15-6-2-4-10(15)9-3-1-5-13-7-9/h1,3,5,7,10,16H,2,4,6,8H2,(H2,12,14). The Balaban J connectivity index is 2.09. The molecule has 0 aliphatic carbocycles. The van der Waals surface area contributed by atoms with Crippen LogP contribution in [0.15, 0.2) is 29.7 Å². The topological polar surface area (TPSA) is 74.7 Å². The van der Waals surface area contributed by atoms with Crippen molar-refractivity contribution in [2.75, 3.05) is 13.1 Å². The van der Waals surface area contributed by atoms with Gasteiger partial charge in [-0.15, -0.1) is 0 Å². The third kappa shape index (κ3) is 2.30. The van der Waals surface area contributed by atoms with Crippen LogP contribution in [0.4, 0.5) is 0 Å². The van der Waals surface area contributed by atoms with Gasteiger partial charge in [-0.1, -0.05) is 11.2 Å². The molecule has 1 aromatic heterocycles. The zero-order valence-corrected chi connectivity index (χ0v) is 9.08. The number of rotatable bonds is 3. The van der Waals surface area contributed by atoms with Crippen LogP contribution in [0.25, 0.3) is 0 Å². The first kappa shape index (κ1) is 10.9. The van der Waals surface area contributed by atoms with Gasteiger partial charge < -0.3 is 10.9 Å². The minimum absolute atomic E-state index is 0.260. The number of oxime groups is 1. The minimum atomic E-state index is 0.260. The molecular formula is C11H16N4O. The molecule has 1 fully saturated rings. The molecule has 0 spiro atoms. The van der Waals surface area contributed by atoms with E-state index in [-0.39, 0.29) is 5.84 Å². The molecule has 1 aromatic rings. The number of hydrogen-bond donors (Lipinski definition) is 2. The Morgan fingerprint density at radius 2 is 2.56 bits per heavy atom. The normalized spacial score (nSPS) is 22.5. The smallest absolute Gasteiger partial charge is 0.153 e. The van der Waals surface area contributed by atoms with Crippen molar-refractivity contribution in [1.29, 1.82) is 0 Å². The van der Waals surface area contributed by atoms with Gasteiger partial charge in [-0.3, -0.25) is 9.88 Å². The van der Waals surface area contributed by atoms with Crippen molar-refractivity contribution in [2.24, 2.45) is 10.9 Å². The molecule has 2 rings (SSSR count). The van der Waals surface area contributed by atoms with Crippen molar-refractivity contribution in [3.8, 4) is 0 Å². The first-order valence-corrected chi connectivity index (χ1v) is 5.41. The average molecular weight is 220 g/mol. The molecule has 86 valence electrons. The van der Waals surface area contributed by atoms with Crippen LogP contribution < -0.4 is 5.73 Å². The lowest BCUT2D eigenvalue weighted by molar-refractivity contribution is 0.279. The summed E-state index contributed by atoms with van der Waals surface area (Å²) in [7, 11) is 0. The summed E-state index contributed by atoms with van der Waals surface area (Å²) >= 11 is 0. The van der Waals surface area contributed by atoms with Crippen LogP contribution in [0, 0.1) is 0 Å². The monoisotopic (exact) mass is 220 g/mol. The van der Waals surface area contributed by atoms with Crippen molar-refractivity contribution < 1.29 is 5.21 Å². The maximum atomic E-state index is 8.58. The maximum Gasteiger partial charge on any atom is 0.153 e. The molecule has 0 radical (unpaired) electrons. The van der Waals surface area contributed by atoms with E-state index in [0.717, 1.165) is 19.4 Å². The van der Waals surface area contributed by atoms with Crippen molar-refractivity contribution >= 4 is 5.84 Å². The SMILES string of the molecule is N/C(CN1CCCC1c1cccnc1)=N\O. The molecule has 16 heavy (non-hydrogen) atoms.